The molecule has 0 saturated carbocycles. The summed E-state index contributed by atoms with van der Waals surface area (Å²) in [6.45, 7) is 11.7. The SMILES string of the molecule is CC(C)C(=N)C(C)OC(C)C(=N)C(C)C. The number of hydrogen-bond donors (Lipinski definition) is 2. The molecule has 0 fully saturated rings. The summed E-state index contributed by atoms with van der Waals surface area (Å²) in [7, 11) is 0. The molecule has 0 heterocycles. The fourth-order valence-corrected chi connectivity index (χ4v) is 1.39. The van der Waals surface area contributed by atoms with Gasteiger partial charge in [0, 0.05) is 11.4 Å². The van der Waals surface area contributed by atoms with Gasteiger partial charge < -0.3 is 15.6 Å². The highest BCUT2D eigenvalue weighted by atomic mass is 16.5. The minimum absolute atomic E-state index is 0.195. The summed E-state index contributed by atoms with van der Waals surface area (Å²) in [6, 6.07) is 0. The van der Waals surface area contributed by atoms with Crippen molar-refractivity contribution in [2.24, 2.45) is 11.8 Å². The van der Waals surface area contributed by atoms with E-state index in [1.165, 1.54) is 0 Å². The second-order valence-corrected chi connectivity index (χ2v) is 4.64. The fraction of sp³-hybridized carbons (Fsp3) is 0.833. The summed E-state index contributed by atoms with van der Waals surface area (Å²) < 4.78 is 5.65. The first kappa shape index (κ1) is 14.3. The third-order valence-electron chi connectivity index (χ3n) is 2.53. The van der Waals surface area contributed by atoms with Crippen molar-refractivity contribution in [3.8, 4) is 0 Å². The third-order valence-corrected chi connectivity index (χ3v) is 2.53. The van der Waals surface area contributed by atoms with Crippen LogP contribution in [0.1, 0.15) is 41.5 Å². The molecule has 2 unspecified atom stereocenters. The van der Waals surface area contributed by atoms with Crippen LogP contribution in [0.25, 0.3) is 0 Å². The van der Waals surface area contributed by atoms with Crippen LogP contribution in [-0.4, -0.2) is 23.6 Å². The largest absolute Gasteiger partial charge is 0.364 e. The van der Waals surface area contributed by atoms with E-state index < -0.39 is 0 Å². The Morgan fingerprint density at radius 1 is 0.733 bits per heavy atom. The van der Waals surface area contributed by atoms with Crippen molar-refractivity contribution in [1.29, 1.82) is 10.8 Å². The standard InChI is InChI=1S/C12H24N2O/c1-7(2)11(13)9(5)15-10(6)12(14)8(3)4/h7-10,13-14H,1-6H3. The summed E-state index contributed by atoms with van der Waals surface area (Å²) in [4.78, 5) is 0. The Kier molecular flexibility index (Phi) is 5.73. The maximum absolute atomic E-state index is 7.80. The van der Waals surface area contributed by atoms with Crippen LogP contribution in [0.4, 0.5) is 0 Å². The molecule has 0 aliphatic heterocycles. The van der Waals surface area contributed by atoms with Gasteiger partial charge in [0.15, 0.2) is 0 Å². The summed E-state index contributed by atoms with van der Waals surface area (Å²) in [5.74, 6) is 0.417. The molecular formula is C12H24N2O. The average Bonchev–Trinajstić information content (AvgIpc) is 2.14. The zero-order valence-corrected chi connectivity index (χ0v) is 10.7. The number of rotatable bonds is 6. The highest BCUT2D eigenvalue weighted by molar-refractivity contribution is 5.89. The topological polar surface area (TPSA) is 56.9 Å². The Labute approximate surface area is 93.2 Å². The van der Waals surface area contributed by atoms with Gasteiger partial charge in [0.25, 0.3) is 0 Å². The lowest BCUT2D eigenvalue weighted by atomic mass is 10.0. The number of hydrogen-bond acceptors (Lipinski definition) is 3. The lowest BCUT2D eigenvalue weighted by Crippen LogP contribution is -2.33. The van der Waals surface area contributed by atoms with Crippen molar-refractivity contribution in [2.45, 2.75) is 53.8 Å². The van der Waals surface area contributed by atoms with E-state index in [0.717, 1.165) is 0 Å². The molecule has 3 nitrogen and oxygen atoms in total. The minimum Gasteiger partial charge on any atom is -0.364 e. The molecule has 0 rings (SSSR count). The van der Waals surface area contributed by atoms with Gasteiger partial charge in [0.05, 0.1) is 12.2 Å². The zero-order chi connectivity index (χ0) is 12.2. The summed E-state index contributed by atoms with van der Waals surface area (Å²) >= 11 is 0. The van der Waals surface area contributed by atoms with Crippen LogP contribution in [0.2, 0.25) is 0 Å². The van der Waals surface area contributed by atoms with Crippen molar-refractivity contribution in [2.75, 3.05) is 0 Å². The van der Waals surface area contributed by atoms with Gasteiger partial charge in [0.2, 0.25) is 0 Å². The Balaban J connectivity index is 4.24. The van der Waals surface area contributed by atoms with E-state index in [2.05, 4.69) is 0 Å². The summed E-state index contributed by atoms with van der Waals surface area (Å²) in [5, 5.41) is 15.6. The fourth-order valence-electron chi connectivity index (χ4n) is 1.39. The highest BCUT2D eigenvalue weighted by Crippen LogP contribution is 2.10. The Bertz CT molecular complexity index is 210. The molecule has 88 valence electrons. The third kappa shape index (κ3) is 4.56. The van der Waals surface area contributed by atoms with E-state index in [1.807, 2.05) is 41.5 Å². The molecule has 0 aromatic heterocycles. The second-order valence-electron chi connectivity index (χ2n) is 4.64. The van der Waals surface area contributed by atoms with E-state index in [-0.39, 0.29) is 24.0 Å². The molecule has 0 saturated heterocycles. The number of ether oxygens (including phenoxy) is 1. The van der Waals surface area contributed by atoms with Gasteiger partial charge in [-0.2, -0.15) is 0 Å². The number of nitrogens with one attached hydrogen (secondary N) is 2. The van der Waals surface area contributed by atoms with Crippen LogP contribution in [0.3, 0.4) is 0 Å². The lowest BCUT2D eigenvalue weighted by molar-refractivity contribution is 0.0798. The zero-order valence-electron chi connectivity index (χ0n) is 10.7. The average molecular weight is 212 g/mol. The first-order chi connectivity index (χ1) is 6.77. The molecule has 0 aliphatic rings. The maximum Gasteiger partial charge on any atom is 0.0932 e. The molecular weight excluding hydrogens is 188 g/mol. The monoisotopic (exact) mass is 212 g/mol. The smallest absolute Gasteiger partial charge is 0.0932 e. The molecule has 0 spiro atoms. The van der Waals surface area contributed by atoms with Crippen molar-refractivity contribution < 1.29 is 4.74 Å². The molecule has 0 aromatic rings. The van der Waals surface area contributed by atoms with Gasteiger partial charge in [0.1, 0.15) is 0 Å². The van der Waals surface area contributed by atoms with Crippen LogP contribution in [-0.2, 0) is 4.74 Å². The summed E-state index contributed by atoms with van der Waals surface area (Å²) in [6.07, 6.45) is -0.391. The predicted molar refractivity (Wildman–Crippen MR) is 65.1 cm³/mol. The van der Waals surface area contributed by atoms with Crippen molar-refractivity contribution in [3.05, 3.63) is 0 Å². The van der Waals surface area contributed by atoms with Crippen molar-refractivity contribution in [3.63, 3.8) is 0 Å². The molecule has 0 radical (unpaired) electrons. The van der Waals surface area contributed by atoms with E-state index in [4.69, 9.17) is 15.6 Å². The normalized spacial score (nSPS) is 15.5. The van der Waals surface area contributed by atoms with Gasteiger partial charge in [-0.3, -0.25) is 0 Å². The molecule has 0 aromatic carbocycles. The Hall–Kier alpha value is -0.700. The Morgan fingerprint density at radius 2 is 1.00 bits per heavy atom. The first-order valence-electron chi connectivity index (χ1n) is 5.59. The molecule has 3 heteroatoms. The van der Waals surface area contributed by atoms with E-state index in [0.29, 0.717) is 11.4 Å². The van der Waals surface area contributed by atoms with E-state index in [1.54, 1.807) is 0 Å². The van der Waals surface area contributed by atoms with Crippen LogP contribution in [0, 0.1) is 22.7 Å². The molecule has 2 atom stereocenters. The first-order valence-corrected chi connectivity index (χ1v) is 5.59. The maximum atomic E-state index is 7.80. The minimum atomic E-state index is -0.195. The molecule has 15 heavy (non-hydrogen) atoms. The second kappa shape index (κ2) is 6.01. The van der Waals surface area contributed by atoms with Crippen LogP contribution >= 0.6 is 0 Å². The van der Waals surface area contributed by atoms with Crippen molar-refractivity contribution >= 4 is 11.4 Å². The van der Waals surface area contributed by atoms with Gasteiger partial charge in [-0.1, -0.05) is 27.7 Å². The predicted octanol–water partition coefficient (Wildman–Crippen LogP) is 3.13. The van der Waals surface area contributed by atoms with Gasteiger partial charge in [-0.05, 0) is 25.7 Å². The van der Waals surface area contributed by atoms with Gasteiger partial charge >= 0.3 is 0 Å². The van der Waals surface area contributed by atoms with Crippen LogP contribution < -0.4 is 0 Å². The Morgan fingerprint density at radius 3 is 1.20 bits per heavy atom. The summed E-state index contributed by atoms with van der Waals surface area (Å²) in [5.41, 5.74) is 1.19. The molecule has 0 aliphatic carbocycles. The van der Waals surface area contributed by atoms with Crippen molar-refractivity contribution in [1.82, 2.24) is 0 Å². The van der Waals surface area contributed by atoms with Gasteiger partial charge in [-0.25, -0.2) is 0 Å². The van der Waals surface area contributed by atoms with Crippen LogP contribution in [0.5, 0.6) is 0 Å². The van der Waals surface area contributed by atoms with Gasteiger partial charge in [-0.15, -0.1) is 0 Å². The molecule has 0 bridgehead atoms. The molecule has 2 N–H and O–H groups in total. The quantitative estimate of drug-likeness (QED) is 0.653. The van der Waals surface area contributed by atoms with Crippen LogP contribution in [0.15, 0.2) is 0 Å². The molecule has 0 amide bonds. The van der Waals surface area contributed by atoms with E-state index in [9.17, 15) is 0 Å². The van der Waals surface area contributed by atoms with E-state index >= 15 is 0 Å². The highest BCUT2D eigenvalue weighted by Gasteiger charge is 2.19. The lowest BCUT2D eigenvalue weighted by Gasteiger charge is -2.23.